The topological polar surface area (TPSA) is 35.5 Å². The highest BCUT2D eigenvalue weighted by molar-refractivity contribution is 5.78. The number of carbonyl (C=O) groups is 1. The lowest BCUT2D eigenvalue weighted by molar-refractivity contribution is -0.145. The first-order valence-electron chi connectivity index (χ1n) is 7.45. The lowest BCUT2D eigenvalue weighted by Gasteiger charge is -2.19. The zero-order valence-corrected chi connectivity index (χ0v) is 13.3. The summed E-state index contributed by atoms with van der Waals surface area (Å²) in [6.45, 7) is 8.73. The lowest BCUT2D eigenvalue weighted by Crippen LogP contribution is -2.21. The second kappa shape index (κ2) is 9.07. The number of hydrogen-bond acceptors (Lipinski definition) is 3. The molecule has 1 rings (SSSR count). The Balaban J connectivity index is 2.78. The molecule has 0 aliphatic rings. The second-order valence-corrected chi connectivity index (χ2v) is 5.04. The van der Waals surface area contributed by atoms with Crippen LogP contribution in [0.5, 0.6) is 5.75 Å². The maximum atomic E-state index is 12.2. The van der Waals surface area contributed by atoms with Crippen molar-refractivity contribution in [1.29, 1.82) is 0 Å². The molecule has 0 radical (unpaired) electrons. The molecule has 1 atom stereocenters. The molecular weight excluding hydrogens is 264 g/mol. The van der Waals surface area contributed by atoms with Gasteiger partial charge in [-0.05, 0) is 30.5 Å². The summed E-state index contributed by atoms with van der Waals surface area (Å²) in [6.07, 6.45) is 0.768. The molecule has 0 saturated carbocycles. The summed E-state index contributed by atoms with van der Waals surface area (Å²) < 4.78 is 10.7. The van der Waals surface area contributed by atoms with Gasteiger partial charge in [0, 0.05) is 6.42 Å². The fourth-order valence-electron chi connectivity index (χ4n) is 2.10. The zero-order chi connectivity index (χ0) is 15.7. The van der Waals surface area contributed by atoms with Crippen LogP contribution in [-0.4, -0.2) is 19.2 Å². The summed E-state index contributed by atoms with van der Waals surface area (Å²) >= 11 is 0. The van der Waals surface area contributed by atoms with Crippen molar-refractivity contribution in [1.82, 2.24) is 0 Å². The Kier molecular flexibility index (Phi) is 7.39. The first kappa shape index (κ1) is 17.1. The number of carbonyl (C=O) groups excluding carboxylic acids is 1. The first-order valence-corrected chi connectivity index (χ1v) is 7.45. The molecule has 21 heavy (non-hydrogen) atoms. The van der Waals surface area contributed by atoms with E-state index in [0.717, 1.165) is 17.7 Å². The van der Waals surface area contributed by atoms with E-state index < -0.39 is 0 Å². The van der Waals surface area contributed by atoms with Crippen LogP contribution in [-0.2, 0) is 9.53 Å². The molecule has 0 heterocycles. The minimum Gasteiger partial charge on any atom is -0.494 e. The minimum atomic E-state index is -0.274. The summed E-state index contributed by atoms with van der Waals surface area (Å²) in [5.74, 6) is 6.19. The third-order valence-electron chi connectivity index (χ3n) is 3.06. The standard InChI is InChI=1S/C18H24O3/c1-5-7-8-13-21-18(19)17(14(3)4)15-9-11-16(12-10-15)20-6-2/h9-12,14,17H,5-6,13H2,1-4H3. The van der Waals surface area contributed by atoms with Gasteiger partial charge in [0.25, 0.3) is 0 Å². The predicted molar refractivity (Wildman–Crippen MR) is 84.2 cm³/mol. The highest BCUT2D eigenvalue weighted by Crippen LogP contribution is 2.27. The highest BCUT2D eigenvalue weighted by Gasteiger charge is 2.25. The van der Waals surface area contributed by atoms with Gasteiger partial charge in [0.2, 0.25) is 0 Å². The maximum absolute atomic E-state index is 12.2. The molecular formula is C18H24O3. The van der Waals surface area contributed by atoms with E-state index in [1.54, 1.807) is 0 Å². The molecule has 0 aliphatic carbocycles. The first-order chi connectivity index (χ1) is 10.1. The third kappa shape index (κ3) is 5.51. The van der Waals surface area contributed by atoms with Gasteiger partial charge in [0.15, 0.2) is 6.61 Å². The van der Waals surface area contributed by atoms with E-state index in [4.69, 9.17) is 9.47 Å². The maximum Gasteiger partial charge on any atom is 0.314 e. The number of hydrogen-bond donors (Lipinski definition) is 0. The summed E-state index contributed by atoms with van der Waals surface area (Å²) in [5, 5.41) is 0. The van der Waals surface area contributed by atoms with Gasteiger partial charge in [-0.2, -0.15) is 0 Å². The Bertz CT molecular complexity index is 491. The molecule has 0 aliphatic heterocycles. The van der Waals surface area contributed by atoms with Crippen LogP contribution in [0.1, 0.15) is 45.6 Å². The van der Waals surface area contributed by atoms with Crippen LogP contribution in [0.3, 0.4) is 0 Å². The minimum absolute atomic E-state index is 0.160. The van der Waals surface area contributed by atoms with Crippen LogP contribution in [0.4, 0.5) is 0 Å². The SMILES string of the molecule is CCC#CCOC(=O)C(c1ccc(OCC)cc1)C(C)C. The van der Waals surface area contributed by atoms with Crippen LogP contribution in [0.15, 0.2) is 24.3 Å². The molecule has 0 N–H and O–H groups in total. The van der Waals surface area contributed by atoms with E-state index in [9.17, 15) is 4.79 Å². The Morgan fingerprint density at radius 1 is 1.14 bits per heavy atom. The van der Waals surface area contributed by atoms with Gasteiger partial charge in [0.1, 0.15) is 5.75 Å². The van der Waals surface area contributed by atoms with Crippen molar-refractivity contribution in [3.8, 4) is 17.6 Å². The fraction of sp³-hybridized carbons (Fsp3) is 0.500. The summed E-state index contributed by atoms with van der Waals surface area (Å²) in [7, 11) is 0. The Morgan fingerprint density at radius 3 is 2.33 bits per heavy atom. The lowest BCUT2D eigenvalue weighted by atomic mass is 9.88. The molecule has 3 nitrogen and oxygen atoms in total. The average Bonchev–Trinajstić information content (AvgIpc) is 2.46. The van der Waals surface area contributed by atoms with Gasteiger partial charge < -0.3 is 9.47 Å². The van der Waals surface area contributed by atoms with E-state index in [1.165, 1.54) is 0 Å². The molecule has 3 heteroatoms. The Morgan fingerprint density at radius 2 is 1.81 bits per heavy atom. The smallest absolute Gasteiger partial charge is 0.314 e. The van der Waals surface area contributed by atoms with E-state index in [-0.39, 0.29) is 24.4 Å². The van der Waals surface area contributed by atoms with E-state index in [0.29, 0.717) is 6.61 Å². The summed E-state index contributed by atoms with van der Waals surface area (Å²) in [5.41, 5.74) is 0.946. The number of esters is 1. The number of benzene rings is 1. The summed E-state index contributed by atoms with van der Waals surface area (Å²) in [4.78, 5) is 12.2. The summed E-state index contributed by atoms with van der Waals surface area (Å²) in [6, 6.07) is 7.63. The second-order valence-electron chi connectivity index (χ2n) is 5.04. The Labute approximate surface area is 127 Å². The van der Waals surface area contributed by atoms with Crippen molar-refractivity contribution < 1.29 is 14.3 Å². The number of rotatable bonds is 6. The van der Waals surface area contributed by atoms with Crippen molar-refractivity contribution in [2.24, 2.45) is 5.92 Å². The highest BCUT2D eigenvalue weighted by atomic mass is 16.5. The number of ether oxygens (including phenoxy) is 2. The van der Waals surface area contributed by atoms with Crippen molar-refractivity contribution in [3.05, 3.63) is 29.8 Å². The molecule has 0 saturated heterocycles. The third-order valence-corrected chi connectivity index (χ3v) is 3.06. The molecule has 1 unspecified atom stereocenters. The van der Waals surface area contributed by atoms with Crippen LogP contribution < -0.4 is 4.74 Å². The van der Waals surface area contributed by atoms with Crippen molar-refractivity contribution in [2.45, 2.75) is 40.0 Å². The van der Waals surface area contributed by atoms with Crippen LogP contribution in [0.25, 0.3) is 0 Å². The van der Waals surface area contributed by atoms with Crippen molar-refractivity contribution in [3.63, 3.8) is 0 Å². The van der Waals surface area contributed by atoms with Crippen LogP contribution in [0, 0.1) is 17.8 Å². The predicted octanol–water partition coefficient (Wildman–Crippen LogP) is 3.78. The molecule has 0 bridgehead atoms. The molecule has 0 amide bonds. The quantitative estimate of drug-likeness (QED) is 0.590. The van der Waals surface area contributed by atoms with Crippen LogP contribution in [0.2, 0.25) is 0 Å². The van der Waals surface area contributed by atoms with Gasteiger partial charge >= 0.3 is 5.97 Å². The molecule has 0 spiro atoms. The fourth-order valence-corrected chi connectivity index (χ4v) is 2.10. The van der Waals surface area contributed by atoms with Crippen molar-refractivity contribution >= 4 is 5.97 Å². The zero-order valence-electron chi connectivity index (χ0n) is 13.3. The van der Waals surface area contributed by atoms with E-state index in [2.05, 4.69) is 11.8 Å². The monoisotopic (exact) mass is 288 g/mol. The molecule has 0 aromatic heterocycles. The van der Waals surface area contributed by atoms with Crippen molar-refractivity contribution in [2.75, 3.05) is 13.2 Å². The molecule has 1 aromatic carbocycles. The molecule has 0 fully saturated rings. The van der Waals surface area contributed by atoms with Gasteiger partial charge in [0.05, 0.1) is 12.5 Å². The largest absolute Gasteiger partial charge is 0.494 e. The van der Waals surface area contributed by atoms with Crippen LogP contribution >= 0.6 is 0 Å². The van der Waals surface area contributed by atoms with Gasteiger partial charge in [-0.15, -0.1) is 5.92 Å². The van der Waals surface area contributed by atoms with E-state index >= 15 is 0 Å². The molecule has 114 valence electrons. The normalized spacial score (nSPS) is 11.5. The average molecular weight is 288 g/mol. The van der Waals surface area contributed by atoms with E-state index in [1.807, 2.05) is 52.0 Å². The van der Waals surface area contributed by atoms with Gasteiger partial charge in [-0.3, -0.25) is 4.79 Å². The van der Waals surface area contributed by atoms with Gasteiger partial charge in [-0.25, -0.2) is 0 Å². The van der Waals surface area contributed by atoms with Gasteiger partial charge in [-0.1, -0.05) is 38.8 Å². The molecule has 1 aromatic rings. The Hall–Kier alpha value is -1.95.